The number of unbranched alkanes of at least 4 members (excludes halogenated alkanes) is 40. The van der Waals surface area contributed by atoms with Crippen molar-refractivity contribution in [3.05, 3.63) is 0 Å². The summed E-state index contributed by atoms with van der Waals surface area (Å²) < 4.78 is 68.2. The SMILES string of the molecule is CCCCCCCCCCCCCCCCC(=O)O[C@H](COC(=O)CCCCCCCCCCCCC(C)C)COP(=O)(O)OC[C@@H](O)COP(=O)(O)OC[C@@H](COC(=O)CCCCCCCCCCCC)OC(=O)CCCCCCCCCCCC. The molecule has 0 fully saturated rings. The second-order valence-electron chi connectivity index (χ2n) is 25.0. The van der Waals surface area contributed by atoms with E-state index in [0.717, 1.165) is 95.8 Å². The first-order valence-corrected chi connectivity index (χ1v) is 38.6. The minimum absolute atomic E-state index is 0.107. The molecule has 3 N–H and O–H groups in total. The second kappa shape index (κ2) is 61.6. The molecule has 0 radical (unpaired) electrons. The van der Waals surface area contributed by atoms with E-state index >= 15 is 0 Å². The number of esters is 4. The molecule has 516 valence electrons. The predicted molar refractivity (Wildman–Crippen MR) is 349 cm³/mol. The number of carbonyl (C=O) groups excluding carboxylic acids is 4. The fraction of sp³-hybridized carbons (Fsp3) is 0.941. The van der Waals surface area contributed by atoms with Crippen LogP contribution in [0.1, 0.15) is 349 Å². The van der Waals surface area contributed by atoms with Gasteiger partial charge in [0.05, 0.1) is 26.4 Å². The molecule has 0 heterocycles. The molecule has 5 atom stereocenters. The number of ether oxygens (including phenoxy) is 4. The summed E-state index contributed by atoms with van der Waals surface area (Å²) in [7, 11) is -9.89. The highest BCUT2D eigenvalue weighted by molar-refractivity contribution is 7.47. The van der Waals surface area contributed by atoms with Gasteiger partial charge in [0.25, 0.3) is 0 Å². The minimum atomic E-state index is -4.95. The molecular weight excluding hydrogens is 1150 g/mol. The van der Waals surface area contributed by atoms with Gasteiger partial charge in [0.2, 0.25) is 0 Å². The van der Waals surface area contributed by atoms with Crippen molar-refractivity contribution in [3.63, 3.8) is 0 Å². The van der Waals surface area contributed by atoms with E-state index in [-0.39, 0.29) is 25.7 Å². The summed E-state index contributed by atoms with van der Waals surface area (Å²) in [6.07, 6.45) is 47.0. The van der Waals surface area contributed by atoms with Crippen LogP contribution in [0, 0.1) is 5.92 Å². The standard InChI is InChI=1S/C68H132O17P2/c1-6-9-12-15-18-21-24-25-26-27-34-39-44-49-54-68(73)85-64(58-79-66(71)52-47-42-37-33-29-28-30-35-40-45-50-61(4)5)60-83-87(76,77)81-56-62(69)55-80-86(74,75)82-59-63(84-67(72)53-48-43-38-32-23-20-17-14-11-8-3)57-78-65(70)51-46-41-36-31-22-19-16-13-10-7-2/h61-64,69H,6-60H2,1-5H3,(H,74,75)(H,76,77)/t62-,63+,64+/m0/s1. The van der Waals surface area contributed by atoms with Gasteiger partial charge in [0.15, 0.2) is 12.2 Å². The van der Waals surface area contributed by atoms with E-state index in [9.17, 15) is 43.2 Å². The van der Waals surface area contributed by atoms with Gasteiger partial charge in [-0.25, -0.2) is 9.13 Å². The lowest BCUT2D eigenvalue weighted by Crippen LogP contribution is -2.30. The van der Waals surface area contributed by atoms with Gasteiger partial charge >= 0.3 is 39.5 Å². The first kappa shape index (κ1) is 85.1. The summed E-state index contributed by atoms with van der Waals surface area (Å²) in [5.41, 5.74) is 0. The van der Waals surface area contributed by atoms with E-state index in [2.05, 4.69) is 34.6 Å². The molecule has 0 amide bonds. The molecule has 17 nitrogen and oxygen atoms in total. The summed E-state index contributed by atoms with van der Waals surface area (Å²) in [6, 6.07) is 0. The van der Waals surface area contributed by atoms with Crippen molar-refractivity contribution >= 4 is 39.5 Å². The van der Waals surface area contributed by atoms with E-state index in [1.165, 1.54) is 173 Å². The van der Waals surface area contributed by atoms with Crippen LogP contribution >= 0.6 is 15.6 Å². The molecule has 0 rings (SSSR count). The fourth-order valence-electron chi connectivity index (χ4n) is 10.3. The van der Waals surface area contributed by atoms with Crippen LogP contribution in [0.5, 0.6) is 0 Å². The van der Waals surface area contributed by atoms with Gasteiger partial charge in [0, 0.05) is 25.7 Å². The van der Waals surface area contributed by atoms with Crippen LogP contribution < -0.4 is 0 Å². The molecule has 0 saturated carbocycles. The first-order chi connectivity index (χ1) is 42.0. The van der Waals surface area contributed by atoms with Gasteiger partial charge in [-0.05, 0) is 31.6 Å². The van der Waals surface area contributed by atoms with Gasteiger partial charge in [-0.1, -0.05) is 298 Å². The van der Waals surface area contributed by atoms with E-state index < -0.39 is 97.5 Å². The van der Waals surface area contributed by atoms with E-state index in [0.29, 0.717) is 25.7 Å². The number of hydrogen-bond acceptors (Lipinski definition) is 15. The number of aliphatic hydroxyl groups excluding tert-OH is 1. The topological polar surface area (TPSA) is 237 Å². The third kappa shape index (κ3) is 62.6. The minimum Gasteiger partial charge on any atom is -0.462 e. The zero-order valence-corrected chi connectivity index (χ0v) is 57.9. The van der Waals surface area contributed by atoms with E-state index in [1.54, 1.807) is 0 Å². The van der Waals surface area contributed by atoms with Crippen molar-refractivity contribution in [3.8, 4) is 0 Å². The maximum atomic E-state index is 13.0. The fourth-order valence-corrected chi connectivity index (χ4v) is 11.9. The number of aliphatic hydroxyl groups is 1. The maximum absolute atomic E-state index is 13.0. The lowest BCUT2D eigenvalue weighted by atomic mass is 10.0. The Hall–Kier alpha value is -1.94. The highest BCUT2D eigenvalue weighted by Crippen LogP contribution is 2.45. The number of phosphoric ester groups is 2. The van der Waals surface area contributed by atoms with Crippen molar-refractivity contribution in [2.24, 2.45) is 5.92 Å². The molecule has 0 spiro atoms. The normalized spacial score (nSPS) is 14.1. The van der Waals surface area contributed by atoms with Gasteiger partial charge in [-0.2, -0.15) is 0 Å². The Morgan fingerprint density at radius 3 is 0.782 bits per heavy atom. The van der Waals surface area contributed by atoms with Crippen LogP contribution in [0.2, 0.25) is 0 Å². The first-order valence-electron chi connectivity index (χ1n) is 35.6. The molecule has 0 aromatic heterocycles. The molecule has 0 aliphatic carbocycles. The van der Waals surface area contributed by atoms with Gasteiger partial charge in [0.1, 0.15) is 19.3 Å². The Labute approximate surface area is 530 Å². The van der Waals surface area contributed by atoms with Crippen molar-refractivity contribution in [2.45, 2.75) is 368 Å². The molecule has 0 aromatic carbocycles. The number of rotatable bonds is 68. The van der Waals surface area contributed by atoms with Gasteiger partial charge in [-0.3, -0.25) is 37.3 Å². The molecule has 19 heteroatoms. The summed E-state index contributed by atoms with van der Waals surface area (Å²) in [5.74, 6) is -1.37. The molecule has 87 heavy (non-hydrogen) atoms. The van der Waals surface area contributed by atoms with Crippen molar-refractivity contribution < 1.29 is 80.2 Å². The molecule has 0 saturated heterocycles. The molecule has 0 aliphatic rings. The van der Waals surface area contributed by atoms with Crippen molar-refractivity contribution in [1.29, 1.82) is 0 Å². The smallest absolute Gasteiger partial charge is 0.462 e. The third-order valence-electron chi connectivity index (χ3n) is 15.8. The zero-order chi connectivity index (χ0) is 64.2. The highest BCUT2D eigenvalue weighted by Gasteiger charge is 2.30. The molecular formula is C68H132O17P2. The summed E-state index contributed by atoms with van der Waals surface area (Å²) in [6.45, 7) is 7.21. The Kier molecular flexibility index (Phi) is 60.2. The second-order valence-corrected chi connectivity index (χ2v) is 27.9. The van der Waals surface area contributed by atoms with Crippen LogP contribution in [0.3, 0.4) is 0 Å². The van der Waals surface area contributed by atoms with Gasteiger partial charge in [-0.15, -0.1) is 0 Å². The Balaban J connectivity index is 5.24. The highest BCUT2D eigenvalue weighted by atomic mass is 31.2. The Bertz CT molecular complexity index is 1690. The lowest BCUT2D eigenvalue weighted by molar-refractivity contribution is -0.161. The summed E-state index contributed by atoms with van der Waals surface area (Å²) in [4.78, 5) is 72.4. The molecule has 2 unspecified atom stereocenters. The van der Waals surface area contributed by atoms with Crippen molar-refractivity contribution in [1.82, 2.24) is 0 Å². The Morgan fingerprint density at radius 2 is 0.529 bits per heavy atom. The molecule has 0 bridgehead atoms. The quantitative estimate of drug-likeness (QED) is 0.0222. The van der Waals surface area contributed by atoms with Crippen molar-refractivity contribution in [2.75, 3.05) is 39.6 Å². The average Bonchev–Trinajstić information content (AvgIpc) is 3.71. The number of carbonyl (C=O) groups is 4. The lowest BCUT2D eigenvalue weighted by Gasteiger charge is -2.21. The summed E-state index contributed by atoms with van der Waals surface area (Å²) in [5, 5.41) is 10.6. The number of hydrogen-bond donors (Lipinski definition) is 3. The zero-order valence-electron chi connectivity index (χ0n) is 56.2. The van der Waals surface area contributed by atoms with E-state index in [4.69, 9.17) is 37.0 Å². The largest absolute Gasteiger partial charge is 0.472 e. The average molecular weight is 1280 g/mol. The summed E-state index contributed by atoms with van der Waals surface area (Å²) >= 11 is 0. The van der Waals surface area contributed by atoms with Crippen LogP contribution in [0.4, 0.5) is 0 Å². The van der Waals surface area contributed by atoms with Crippen LogP contribution in [-0.4, -0.2) is 96.7 Å². The van der Waals surface area contributed by atoms with Crippen LogP contribution in [0.25, 0.3) is 0 Å². The van der Waals surface area contributed by atoms with Crippen LogP contribution in [0.15, 0.2) is 0 Å². The predicted octanol–water partition coefficient (Wildman–Crippen LogP) is 19.4. The van der Waals surface area contributed by atoms with E-state index in [1.807, 2.05) is 0 Å². The maximum Gasteiger partial charge on any atom is 0.472 e. The Morgan fingerprint density at radius 1 is 0.310 bits per heavy atom. The molecule has 0 aromatic rings. The van der Waals surface area contributed by atoms with Crippen LogP contribution in [-0.2, 0) is 65.4 Å². The monoisotopic (exact) mass is 1280 g/mol. The third-order valence-corrected chi connectivity index (χ3v) is 17.7. The number of phosphoric acid groups is 2. The van der Waals surface area contributed by atoms with Gasteiger partial charge < -0.3 is 33.8 Å². The molecule has 0 aliphatic heterocycles.